The molecule has 2 aromatic rings. The third-order valence-corrected chi connectivity index (χ3v) is 14.4. The van der Waals surface area contributed by atoms with E-state index in [0.717, 1.165) is 93.8 Å². The number of likely N-dealkylation sites (tertiary alicyclic amines) is 3. The van der Waals surface area contributed by atoms with Gasteiger partial charge < -0.3 is 14.7 Å². The molecule has 0 bridgehead atoms. The Kier molecular flexibility index (Phi) is 11.3. The van der Waals surface area contributed by atoms with E-state index >= 15 is 0 Å². The van der Waals surface area contributed by atoms with Gasteiger partial charge in [-0.1, -0.05) is 25.3 Å². The Morgan fingerprint density at radius 3 is 2.42 bits per heavy atom. The van der Waals surface area contributed by atoms with Gasteiger partial charge in [0.25, 0.3) is 0 Å². The second-order valence-corrected chi connectivity index (χ2v) is 18.4. The van der Waals surface area contributed by atoms with Crippen molar-refractivity contribution in [2.75, 3.05) is 57.8 Å². The topological polar surface area (TPSA) is 99.1 Å². The maximum atomic E-state index is 14.3. The van der Waals surface area contributed by atoms with Crippen molar-refractivity contribution in [3.63, 3.8) is 0 Å². The Morgan fingerprint density at radius 1 is 0.942 bits per heavy atom. The quantitative estimate of drug-likeness (QED) is 0.295. The Labute approximate surface area is 309 Å². The Balaban J connectivity index is 1.07. The van der Waals surface area contributed by atoms with Gasteiger partial charge in [0.2, 0.25) is 21.8 Å². The summed E-state index contributed by atoms with van der Waals surface area (Å²) >= 11 is 0.921. The summed E-state index contributed by atoms with van der Waals surface area (Å²) in [6, 6.07) is 4.29. The number of aromatic nitrogens is 2. The van der Waals surface area contributed by atoms with Crippen molar-refractivity contribution < 1.29 is 31.2 Å². The third kappa shape index (κ3) is 8.37. The second-order valence-electron chi connectivity index (χ2n) is 15.4. The van der Waals surface area contributed by atoms with Crippen LogP contribution in [-0.4, -0.2) is 113 Å². The van der Waals surface area contributed by atoms with Gasteiger partial charge in [-0.05, 0) is 69.0 Å². The van der Waals surface area contributed by atoms with Crippen LogP contribution in [0.25, 0.3) is 11.3 Å². The van der Waals surface area contributed by atoms with Gasteiger partial charge in [0, 0.05) is 93.0 Å². The summed E-state index contributed by atoms with van der Waals surface area (Å²) in [6.45, 7) is 5.93. The van der Waals surface area contributed by atoms with Crippen LogP contribution in [0.2, 0.25) is 0 Å². The minimum atomic E-state index is -4.60. The average Bonchev–Trinajstić information content (AvgIpc) is 3.72. The first kappa shape index (κ1) is 37.7. The van der Waals surface area contributed by atoms with Crippen molar-refractivity contribution in [1.82, 2.24) is 28.8 Å². The molecule has 1 aliphatic carbocycles. The molecule has 52 heavy (non-hydrogen) atoms. The lowest BCUT2D eigenvalue weighted by Gasteiger charge is -2.41. The van der Waals surface area contributed by atoms with Crippen LogP contribution in [0.5, 0.6) is 0 Å². The van der Waals surface area contributed by atoms with Crippen molar-refractivity contribution in [3.8, 4) is 11.3 Å². The number of fused-ring (bicyclic) bond motifs is 2. The fourth-order valence-electron chi connectivity index (χ4n) is 9.20. The monoisotopic (exact) mass is 764 g/mol. The van der Waals surface area contributed by atoms with Gasteiger partial charge >= 0.3 is 6.18 Å². The van der Waals surface area contributed by atoms with Crippen LogP contribution < -0.4 is 0 Å². The van der Waals surface area contributed by atoms with E-state index in [1.807, 2.05) is 9.58 Å². The second kappa shape index (κ2) is 15.6. The molecule has 0 spiro atoms. The molecule has 15 heteroatoms. The molecule has 3 saturated heterocycles. The number of halogens is 3. The number of amides is 2. The lowest BCUT2D eigenvalue weighted by molar-refractivity contribution is -0.140. The number of benzene rings is 1. The van der Waals surface area contributed by atoms with E-state index in [9.17, 15) is 31.2 Å². The number of hydrogen-bond acceptors (Lipinski definition) is 7. The molecule has 0 N–H and O–H groups in total. The number of hydrogen-bond donors (Lipinski definition) is 0. The van der Waals surface area contributed by atoms with E-state index in [1.165, 1.54) is 42.0 Å². The first-order valence-corrected chi connectivity index (χ1v) is 21.9. The smallest absolute Gasteiger partial charge is 0.342 e. The standard InChI is InChI=1S/C37H51F3N6O4S2/c1-52(49,50)44-21-14-32-30(24-44)36(41-46(32)17-5-15-42-18-12-29(13-19-42)45-16-4-8-34(45)47)27-9-10-31(37(38,39)40)33(22-27)51-25-35(48)43-20-11-26-6-2-3-7-28(26)23-43/h9-10,22,26,28-29H,2-8,11-21,23-25H2,1H3. The largest absolute Gasteiger partial charge is 0.417 e. The van der Waals surface area contributed by atoms with Crippen LogP contribution in [0.15, 0.2) is 23.1 Å². The number of carbonyl (C=O) groups excluding carboxylic acids is 2. The van der Waals surface area contributed by atoms with Gasteiger partial charge in [-0.15, -0.1) is 11.8 Å². The number of sulfonamides is 1. The highest BCUT2D eigenvalue weighted by molar-refractivity contribution is 8.00. The van der Waals surface area contributed by atoms with E-state index in [-0.39, 0.29) is 29.0 Å². The zero-order valence-corrected chi connectivity index (χ0v) is 31.7. The van der Waals surface area contributed by atoms with Gasteiger partial charge in [-0.25, -0.2) is 8.42 Å². The fraction of sp³-hybridized carbons (Fsp3) is 0.703. The minimum Gasteiger partial charge on any atom is -0.342 e. The highest BCUT2D eigenvalue weighted by atomic mass is 32.2. The van der Waals surface area contributed by atoms with E-state index in [0.29, 0.717) is 68.2 Å². The van der Waals surface area contributed by atoms with E-state index in [4.69, 9.17) is 5.10 Å². The predicted molar refractivity (Wildman–Crippen MR) is 194 cm³/mol. The Morgan fingerprint density at radius 2 is 1.71 bits per heavy atom. The molecular formula is C37H51F3N6O4S2. The van der Waals surface area contributed by atoms with Gasteiger partial charge in [0.15, 0.2) is 0 Å². The van der Waals surface area contributed by atoms with Crippen LogP contribution >= 0.6 is 11.8 Å². The molecule has 10 nitrogen and oxygen atoms in total. The molecular weight excluding hydrogens is 714 g/mol. The molecule has 4 aliphatic heterocycles. The molecule has 5 aliphatic rings. The molecule has 1 aromatic heterocycles. The van der Waals surface area contributed by atoms with Crippen molar-refractivity contribution in [3.05, 3.63) is 35.0 Å². The summed E-state index contributed by atoms with van der Waals surface area (Å²) in [5.74, 6) is 1.19. The molecule has 2 atom stereocenters. The number of carbonyl (C=O) groups is 2. The number of aryl methyl sites for hydroxylation is 1. The maximum Gasteiger partial charge on any atom is 0.417 e. The van der Waals surface area contributed by atoms with Crippen LogP contribution in [0, 0.1) is 11.8 Å². The summed E-state index contributed by atoms with van der Waals surface area (Å²) in [4.78, 5) is 31.8. The number of piperidine rings is 2. The Hall–Kier alpha value is -2.62. The van der Waals surface area contributed by atoms with Crippen LogP contribution in [-0.2, 0) is 45.3 Å². The number of thioether (sulfide) groups is 1. The summed E-state index contributed by atoms with van der Waals surface area (Å²) in [5.41, 5.74) is 1.81. The van der Waals surface area contributed by atoms with Crippen molar-refractivity contribution >= 4 is 33.6 Å². The van der Waals surface area contributed by atoms with Crippen molar-refractivity contribution in [1.29, 1.82) is 0 Å². The van der Waals surface area contributed by atoms with E-state index in [2.05, 4.69) is 9.80 Å². The molecule has 1 aromatic carbocycles. The van der Waals surface area contributed by atoms with Gasteiger partial charge in [-0.3, -0.25) is 14.3 Å². The van der Waals surface area contributed by atoms with Gasteiger partial charge in [0.1, 0.15) is 0 Å². The van der Waals surface area contributed by atoms with Crippen LogP contribution in [0.4, 0.5) is 13.2 Å². The molecule has 2 unspecified atom stereocenters. The third-order valence-electron chi connectivity index (χ3n) is 12.1. The maximum absolute atomic E-state index is 14.3. The fourth-order valence-corrected chi connectivity index (χ4v) is 11.0. The molecule has 7 rings (SSSR count). The molecule has 0 radical (unpaired) electrons. The SMILES string of the molecule is CS(=O)(=O)N1CCc2c(c(-c3ccc(C(F)(F)F)c(SCC(=O)N4CCC5CCCCC5C4)c3)nn2CCCN2CCC(N3CCCC3=O)CC2)C1. The van der Waals surface area contributed by atoms with Crippen LogP contribution in [0.3, 0.4) is 0 Å². The number of nitrogens with zero attached hydrogens (tertiary/aromatic N) is 6. The van der Waals surface area contributed by atoms with Crippen molar-refractivity contribution in [2.24, 2.45) is 11.8 Å². The minimum absolute atomic E-state index is 0.0241. The summed E-state index contributed by atoms with van der Waals surface area (Å²) in [5, 5.41) is 4.94. The number of rotatable bonds is 10. The highest BCUT2D eigenvalue weighted by Crippen LogP contribution is 2.41. The first-order valence-electron chi connectivity index (χ1n) is 19.0. The first-order chi connectivity index (χ1) is 24.8. The van der Waals surface area contributed by atoms with E-state index in [1.54, 1.807) is 0 Å². The van der Waals surface area contributed by atoms with Gasteiger partial charge in [-0.2, -0.15) is 22.6 Å². The lowest BCUT2D eigenvalue weighted by Crippen LogP contribution is -2.45. The normalized spacial score (nSPS) is 24.0. The molecule has 286 valence electrons. The molecule has 5 heterocycles. The number of alkyl halides is 3. The van der Waals surface area contributed by atoms with E-state index < -0.39 is 21.8 Å². The lowest BCUT2D eigenvalue weighted by atomic mass is 9.75. The van der Waals surface area contributed by atoms with Gasteiger partial charge in [0.05, 0.1) is 23.3 Å². The Bertz CT molecular complexity index is 1740. The summed E-state index contributed by atoms with van der Waals surface area (Å²) < 4.78 is 71.4. The van der Waals surface area contributed by atoms with Crippen LogP contribution in [0.1, 0.15) is 81.0 Å². The van der Waals surface area contributed by atoms with Crippen molar-refractivity contribution in [2.45, 2.75) is 101 Å². The highest BCUT2D eigenvalue weighted by Gasteiger charge is 2.37. The molecule has 2 amide bonds. The predicted octanol–water partition coefficient (Wildman–Crippen LogP) is 5.49. The summed E-state index contributed by atoms with van der Waals surface area (Å²) in [7, 11) is -3.50. The average molecular weight is 765 g/mol. The zero-order valence-electron chi connectivity index (χ0n) is 30.1. The zero-order chi connectivity index (χ0) is 36.6. The molecule has 4 fully saturated rings. The summed E-state index contributed by atoms with van der Waals surface area (Å²) in [6.07, 6.45) is 7.05. The molecule has 1 saturated carbocycles.